The topological polar surface area (TPSA) is 58.3 Å². The second kappa shape index (κ2) is 9.05. The quantitative estimate of drug-likeness (QED) is 0.627. The second-order valence-electron chi connectivity index (χ2n) is 5.81. The number of hydrogen-bond acceptors (Lipinski definition) is 3. The number of aliphatic imine (C=N–C) groups is 1. The van der Waals surface area contributed by atoms with Gasteiger partial charge in [-0.1, -0.05) is 19.4 Å². The fraction of sp³-hybridized carbons (Fsp3) is 0.500. The molecule has 2 aromatic rings. The number of guanidine groups is 1. The van der Waals surface area contributed by atoms with Crippen LogP contribution in [0.5, 0.6) is 0 Å². The zero-order chi connectivity index (χ0) is 17.4. The predicted molar refractivity (Wildman–Crippen MR) is 98.4 cm³/mol. The second-order valence-corrected chi connectivity index (χ2v) is 5.81. The first-order valence-electron chi connectivity index (χ1n) is 8.60. The highest BCUT2D eigenvalue weighted by Gasteiger charge is 2.05. The molecule has 0 fully saturated rings. The molecule has 2 heterocycles. The molecular weight excluding hydrogens is 300 g/mol. The van der Waals surface area contributed by atoms with Gasteiger partial charge in [-0.15, -0.1) is 0 Å². The summed E-state index contributed by atoms with van der Waals surface area (Å²) in [6, 6.07) is 4.08. The van der Waals surface area contributed by atoms with Gasteiger partial charge in [-0.25, -0.2) is 15.0 Å². The van der Waals surface area contributed by atoms with Crippen LogP contribution in [0.2, 0.25) is 0 Å². The molecule has 6 nitrogen and oxygen atoms in total. The molecule has 130 valence electrons. The highest BCUT2D eigenvalue weighted by Crippen LogP contribution is 2.09. The van der Waals surface area contributed by atoms with Crippen molar-refractivity contribution in [2.24, 2.45) is 4.99 Å². The van der Waals surface area contributed by atoms with E-state index >= 15 is 0 Å². The van der Waals surface area contributed by atoms with Crippen molar-refractivity contribution in [3.63, 3.8) is 0 Å². The van der Waals surface area contributed by atoms with Crippen LogP contribution in [0, 0.1) is 6.92 Å². The van der Waals surface area contributed by atoms with Gasteiger partial charge < -0.3 is 10.2 Å². The van der Waals surface area contributed by atoms with E-state index < -0.39 is 0 Å². The third-order valence-electron chi connectivity index (χ3n) is 3.84. The average molecular weight is 328 g/mol. The monoisotopic (exact) mass is 328 g/mol. The van der Waals surface area contributed by atoms with E-state index in [1.54, 1.807) is 6.20 Å². The Morgan fingerprint density at radius 1 is 1.29 bits per heavy atom. The molecule has 0 saturated carbocycles. The van der Waals surface area contributed by atoms with E-state index in [0.29, 0.717) is 6.54 Å². The number of pyridine rings is 1. The number of nitrogens with one attached hydrogen (secondary N) is 1. The van der Waals surface area contributed by atoms with Gasteiger partial charge in [0.15, 0.2) is 5.96 Å². The van der Waals surface area contributed by atoms with Crippen LogP contribution in [0.3, 0.4) is 0 Å². The first-order chi connectivity index (χ1) is 11.7. The lowest BCUT2D eigenvalue weighted by atomic mass is 10.3. The maximum absolute atomic E-state index is 4.72. The summed E-state index contributed by atoms with van der Waals surface area (Å²) in [4.78, 5) is 15.6. The molecule has 2 rings (SSSR count). The van der Waals surface area contributed by atoms with Crippen LogP contribution in [0.15, 0.2) is 35.7 Å². The molecule has 0 aliphatic rings. The standard InChI is InChI=1S/C18H28N6/c1-5-7-11-23(4)18(19-6-2)22-14-16-8-9-17(21-13-16)24-12-10-20-15(24)3/h8-10,12-13H,5-7,11,14H2,1-4H3,(H,19,22). The van der Waals surface area contributed by atoms with Crippen LogP contribution in [0.25, 0.3) is 5.82 Å². The molecule has 6 heteroatoms. The largest absolute Gasteiger partial charge is 0.357 e. The minimum atomic E-state index is 0.620. The molecule has 1 N–H and O–H groups in total. The van der Waals surface area contributed by atoms with Crippen LogP contribution < -0.4 is 5.32 Å². The third kappa shape index (κ3) is 4.81. The Hall–Kier alpha value is -2.37. The molecule has 2 aromatic heterocycles. The summed E-state index contributed by atoms with van der Waals surface area (Å²) in [5, 5.41) is 3.35. The van der Waals surface area contributed by atoms with Crippen molar-refractivity contribution in [1.82, 2.24) is 24.8 Å². The van der Waals surface area contributed by atoms with Gasteiger partial charge in [0.25, 0.3) is 0 Å². The molecule has 0 aromatic carbocycles. The van der Waals surface area contributed by atoms with Gasteiger partial charge in [-0.3, -0.25) is 4.57 Å². The number of aromatic nitrogens is 3. The van der Waals surface area contributed by atoms with Gasteiger partial charge in [0, 0.05) is 38.7 Å². The molecule has 0 radical (unpaired) electrons. The Morgan fingerprint density at radius 3 is 2.71 bits per heavy atom. The number of imidazole rings is 1. The summed E-state index contributed by atoms with van der Waals surface area (Å²) in [5.74, 6) is 2.76. The van der Waals surface area contributed by atoms with Gasteiger partial charge in [-0.05, 0) is 31.9 Å². The van der Waals surface area contributed by atoms with E-state index in [0.717, 1.165) is 36.3 Å². The molecule has 0 aliphatic carbocycles. The van der Waals surface area contributed by atoms with Crippen LogP contribution in [0.4, 0.5) is 0 Å². The van der Waals surface area contributed by atoms with Crippen molar-refractivity contribution in [1.29, 1.82) is 0 Å². The smallest absolute Gasteiger partial charge is 0.193 e. The molecule has 0 unspecified atom stereocenters. The summed E-state index contributed by atoms with van der Waals surface area (Å²) < 4.78 is 1.97. The number of aryl methyl sites for hydroxylation is 1. The van der Waals surface area contributed by atoms with Crippen molar-refractivity contribution in [3.05, 3.63) is 42.1 Å². The molecule has 0 spiro atoms. The molecule has 0 bridgehead atoms. The van der Waals surface area contributed by atoms with Crippen molar-refractivity contribution in [2.45, 2.75) is 40.2 Å². The minimum Gasteiger partial charge on any atom is -0.357 e. The average Bonchev–Trinajstić information content (AvgIpc) is 3.03. The van der Waals surface area contributed by atoms with Crippen LogP contribution in [-0.2, 0) is 6.54 Å². The van der Waals surface area contributed by atoms with E-state index in [9.17, 15) is 0 Å². The Balaban J connectivity index is 2.04. The van der Waals surface area contributed by atoms with Crippen molar-refractivity contribution >= 4 is 5.96 Å². The zero-order valence-electron chi connectivity index (χ0n) is 15.2. The molecular formula is C18H28N6. The Morgan fingerprint density at radius 2 is 2.12 bits per heavy atom. The normalized spacial score (nSPS) is 11.6. The zero-order valence-corrected chi connectivity index (χ0v) is 15.2. The Labute approximate surface area is 144 Å². The summed E-state index contributed by atoms with van der Waals surface area (Å²) in [6.07, 6.45) is 7.93. The Kier molecular flexibility index (Phi) is 6.78. The molecule has 24 heavy (non-hydrogen) atoms. The number of unbranched alkanes of at least 4 members (excludes halogenated alkanes) is 1. The van der Waals surface area contributed by atoms with E-state index in [4.69, 9.17) is 4.99 Å². The van der Waals surface area contributed by atoms with E-state index in [1.165, 1.54) is 12.8 Å². The fourth-order valence-corrected chi connectivity index (χ4v) is 2.41. The van der Waals surface area contributed by atoms with E-state index in [2.05, 4.69) is 47.1 Å². The van der Waals surface area contributed by atoms with Gasteiger partial charge >= 0.3 is 0 Å². The van der Waals surface area contributed by atoms with Crippen molar-refractivity contribution in [2.75, 3.05) is 20.1 Å². The summed E-state index contributed by atoms with van der Waals surface area (Å²) in [5.41, 5.74) is 1.09. The van der Waals surface area contributed by atoms with Gasteiger partial charge in [0.05, 0.1) is 6.54 Å². The van der Waals surface area contributed by atoms with Crippen LogP contribution in [-0.4, -0.2) is 45.5 Å². The van der Waals surface area contributed by atoms with E-state index in [-0.39, 0.29) is 0 Å². The Bertz CT molecular complexity index is 644. The third-order valence-corrected chi connectivity index (χ3v) is 3.84. The fourth-order valence-electron chi connectivity index (χ4n) is 2.41. The summed E-state index contributed by atoms with van der Waals surface area (Å²) in [6.45, 7) is 8.76. The highest BCUT2D eigenvalue weighted by atomic mass is 15.3. The maximum atomic E-state index is 4.72. The van der Waals surface area contributed by atoms with Gasteiger partial charge in [-0.2, -0.15) is 0 Å². The first kappa shape index (κ1) is 18.0. The molecule has 0 amide bonds. The molecule has 0 atom stereocenters. The van der Waals surface area contributed by atoms with Crippen molar-refractivity contribution in [3.8, 4) is 5.82 Å². The number of hydrogen-bond donors (Lipinski definition) is 1. The van der Waals surface area contributed by atoms with Crippen LogP contribution >= 0.6 is 0 Å². The predicted octanol–water partition coefficient (Wildman–Crippen LogP) is 2.77. The number of rotatable bonds is 7. The lowest BCUT2D eigenvalue weighted by Gasteiger charge is -2.21. The minimum absolute atomic E-state index is 0.620. The maximum Gasteiger partial charge on any atom is 0.193 e. The lowest BCUT2D eigenvalue weighted by molar-refractivity contribution is 0.465. The lowest BCUT2D eigenvalue weighted by Crippen LogP contribution is -2.39. The van der Waals surface area contributed by atoms with E-state index in [1.807, 2.05) is 30.0 Å². The molecule has 0 saturated heterocycles. The number of nitrogens with zero attached hydrogens (tertiary/aromatic N) is 5. The van der Waals surface area contributed by atoms with Gasteiger partial charge in [0.1, 0.15) is 11.6 Å². The SMILES string of the molecule is CCCCN(C)C(=NCc1ccc(-n2ccnc2C)nc1)NCC. The summed E-state index contributed by atoms with van der Waals surface area (Å²) >= 11 is 0. The van der Waals surface area contributed by atoms with Gasteiger partial charge in [0.2, 0.25) is 0 Å². The highest BCUT2D eigenvalue weighted by molar-refractivity contribution is 5.79. The molecule has 0 aliphatic heterocycles. The summed E-state index contributed by atoms with van der Waals surface area (Å²) in [7, 11) is 2.08. The van der Waals surface area contributed by atoms with Crippen LogP contribution in [0.1, 0.15) is 38.1 Å². The van der Waals surface area contributed by atoms with Crippen molar-refractivity contribution < 1.29 is 0 Å². The first-order valence-corrected chi connectivity index (χ1v) is 8.60.